The van der Waals surface area contributed by atoms with Crippen molar-refractivity contribution in [3.63, 3.8) is 0 Å². The minimum atomic E-state index is -0.377. The molecular formula is C110H134Ir3N3O9-3. The number of para-hydroxylation sites is 2. The molecule has 1 saturated carbocycles. The van der Waals surface area contributed by atoms with E-state index in [1.165, 1.54) is 110 Å². The monoisotopic (exact) mass is 2220 g/mol. The second kappa shape index (κ2) is 49.9. The first-order valence-corrected chi connectivity index (χ1v) is 44.4. The van der Waals surface area contributed by atoms with Gasteiger partial charge in [-0.1, -0.05) is 211 Å². The van der Waals surface area contributed by atoms with Gasteiger partial charge in [-0.25, -0.2) is 15.0 Å². The fourth-order valence-corrected chi connectivity index (χ4v) is 14.6. The quantitative estimate of drug-likeness (QED) is 0.0203. The van der Waals surface area contributed by atoms with Crippen LogP contribution in [-0.4, -0.2) is 47.6 Å². The van der Waals surface area contributed by atoms with Crippen LogP contribution in [0.15, 0.2) is 230 Å². The summed E-state index contributed by atoms with van der Waals surface area (Å²) in [5.74, 6) is 5.56. The number of fused-ring (bicyclic) bond motifs is 6. The second-order valence-electron chi connectivity index (χ2n) is 35.5. The molecule has 0 amide bonds. The summed E-state index contributed by atoms with van der Waals surface area (Å²) in [7, 11) is 0. The van der Waals surface area contributed by atoms with E-state index < -0.39 is 0 Å². The van der Waals surface area contributed by atoms with Gasteiger partial charge in [0.25, 0.3) is 0 Å². The van der Waals surface area contributed by atoms with Gasteiger partial charge in [0.15, 0.2) is 17.3 Å². The summed E-state index contributed by atoms with van der Waals surface area (Å²) in [6, 6.07) is 69.3. The number of carbonyl (C=O) groups is 3. The Bertz CT molecular complexity index is 5550. The number of nitrogens with zero attached hydrogens (tertiary/aromatic N) is 3. The van der Waals surface area contributed by atoms with Gasteiger partial charge in [-0.3, -0.25) is 14.4 Å². The summed E-state index contributed by atoms with van der Waals surface area (Å²) >= 11 is 0. The molecule has 0 bridgehead atoms. The third-order valence-electron chi connectivity index (χ3n) is 25.2. The summed E-state index contributed by atoms with van der Waals surface area (Å²) in [6.07, 6.45) is 25.0. The number of benzene rings is 9. The summed E-state index contributed by atoms with van der Waals surface area (Å²) < 4.78 is 17.6. The zero-order valence-corrected chi connectivity index (χ0v) is 84.9. The molecule has 125 heavy (non-hydrogen) atoms. The van der Waals surface area contributed by atoms with Gasteiger partial charge in [-0.15, -0.1) is 42.0 Å². The first kappa shape index (κ1) is 107. The van der Waals surface area contributed by atoms with Crippen molar-refractivity contribution in [2.45, 2.75) is 253 Å². The van der Waals surface area contributed by atoms with Crippen LogP contribution in [0.1, 0.15) is 256 Å². The van der Waals surface area contributed by atoms with Gasteiger partial charge in [0, 0.05) is 182 Å². The van der Waals surface area contributed by atoms with Gasteiger partial charge < -0.3 is 29.5 Å². The summed E-state index contributed by atoms with van der Waals surface area (Å²) in [6.45, 7) is 42.6. The van der Waals surface area contributed by atoms with E-state index in [-0.39, 0.29) is 134 Å². The molecule has 3 N–H and O–H groups in total. The van der Waals surface area contributed by atoms with E-state index in [9.17, 15) is 29.7 Å². The Morgan fingerprint density at radius 2 is 0.848 bits per heavy atom. The average Bonchev–Trinajstić information content (AvgIpc) is 0.779. The molecule has 3 heterocycles. The number of allylic oxidation sites excluding steroid dienone is 6. The Morgan fingerprint density at radius 1 is 0.408 bits per heavy atom. The molecule has 0 saturated heterocycles. The smallest absolute Gasteiger partial charge is 0.217 e. The topological polar surface area (TPSA) is 178 Å². The molecule has 1 aliphatic rings. The molecule has 0 spiro atoms. The first-order chi connectivity index (χ1) is 58.1. The predicted molar refractivity (Wildman–Crippen MR) is 509 cm³/mol. The number of carbonyl (C=O) groups excluding carboxylic acids is 3. The Kier molecular flexibility index (Phi) is 42.5. The third kappa shape index (κ3) is 30.0. The predicted octanol–water partition coefficient (Wildman–Crippen LogP) is 31.3. The SMILES string of the molecule is CC(C)(C)c1cc[c-]c(Oc2cc3cc4ccccc4cc3cn2)c1.CCC(C)(C)C(=O)C=C(O)C(C)(C)CC.CCC(C)(CC)C(=O)C=C(O)C(C)(CC)CC.CCC(CC)C(=O)C=C(O)C(CC)CC.Cc1cc(C)c2cc3cc(Oc4[c-]cccc4)ncc3cc2c1.[Ir].[Ir].[Ir].[c-]1ccccc1Oc1cc2cc3c(C4CCCCC4)cccc3cc2cn1. The van der Waals surface area contributed by atoms with Crippen LogP contribution < -0.4 is 14.2 Å². The molecule has 1 fully saturated rings. The minimum Gasteiger partial charge on any atom is -0.512 e. The maximum atomic E-state index is 12.2. The Morgan fingerprint density at radius 3 is 1.32 bits per heavy atom. The van der Waals surface area contributed by atoms with E-state index in [1.807, 2.05) is 208 Å². The van der Waals surface area contributed by atoms with Crippen molar-refractivity contribution >= 4 is 82.0 Å². The van der Waals surface area contributed by atoms with Crippen LogP contribution in [0.2, 0.25) is 0 Å². The molecular weight excluding hydrogens is 2080 g/mol. The number of aromatic nitrogens is 3. The summed E-state index contributed by atoms with van der Waals surface area (Å²) in [5.41, 5.74) is 4.08. The van der Waals surface area contributed by atoms with Crippen molar-refractivity contribution in [1.29, 1.82) is 0 Å². The number of rotatable bonds is 26. The van der Waals surface area contributed by atoms with Crippen molar-refractivity contribution < 1.29 is 104 Å². The number of hydrogen-bond acceptors (Lipinski definition) is 12. The van der Waals surface area contributed by atoms with Crippen LogP contribution in [0.5, 0.6) is 34.9 Å². The fourth-order valence-electron chi connectivity index (χ4n) is 14.6. The molecule has 1 aliphatic carbocycles. The fraction of sp³-hybridized carbons (Fsp3) is 0.400. The van der Waals surface area contributed by atoms with Gasteiger partial charge in [-0.05, 0) is 198 Å². The van der Waals surface area contributed by atoms with Gasteiger partial charge in [0.05, 0.1) is 5.76 Å². The molecule has 0 unspecified atom stereocenters. The number of ether oxygens (including phenoxy) is 3. The van der Waals surface area contributed by atoms with E-state index in [4.69, 9.17) is 14.2 Å². The average molecular weight is 2220 g/mol. The number of pyridine rings is 3. The number of aliphatic hydroxyl groups is 3. The van der Waals surface area contributed by atoms with Gasteiger partial charge in [-0.2, -0.15) is 48.5 Å². The zero-order chi connectivity index (χ0) is 89.1. The molecule has 15 heteroatoms. The number of aliphatic hydroxyl groups excluding tert-OH is 3. The normalized spacial score (nSPS) is 12.8. The van der Waals surface area contributed by atoms with Crippen LogP contribution in [0.3, 0.4) is 0 Å². The van der Waals surface area contributed by atoms with E-state index in [0.29, 0.717) is 40.8 Å². The first-order valence-electron chi connectivity index (χ1n) is 44.4. The standard InChI is InChI=1S/C25H22NO.C23H20NO.C21H16NO.C15H28O2.2C13H24O2.3Ir/c1-3-8-18(9-4-1)23-13-7-10-19-14-21-17-26-25(16-20(21)15-24(19)23)27-22-11-5-2-6-12-22;1-23(2,3)20-9-6-10-21(14-20)25-22-13-18-11-16-7-4-5-8-17(16)12-19(18)15-24-22;1-14-8-15(2)20-11-16-12-21(23-19-6-4-3-5-7-19)22-13-18(16)10-17(20)9-14;1-7-14(5,8-2)12(16)11-13(17)15(6,9-3)10-4;1-7-12(3,4)10(14)9-11(15)13(5,6)8-2;1-5-10(6-2)12(14)9-13(15)11(7-3)8-4;;;/h2,5-7,10-11,13-18H,1,3-4,8-9H2;4-9,11-15H,1-3H3;3-6,8-13H,1-2H3;11,16H,7-10H2,1-6H3;9,14H,7-8H2,1-6H3;9-11,14H,5-8H2,1-4H3;;;/q3*-1;;;;;;. The van der Waals surface area contributed by atoms with E-state index in [0.717, 1.165) is 91.1 Å². The Balaban J connectivity index is 0.000000270. The van der Waals surface area contributed by atoms with Crippen molar-refractivity contribution in [3.8, 4) is 34.9 Å². The van der Waals surface area contributed by atoms with E-state index in [1.54, 1.807) is 0 Å². The number of ketones is 3. The van der Waals surface area contributed by atoms with Gasteiger partial charge in [0.1, 0.15) is 11.5 Å². The van der Waals surface area contributed by atoms with Crippen LogP contribution >= 0.6 is 0 Å². The van der Waals surface area contributed by atoms with E-state index >= 15 is 0 Å². The largest absolute Gasteiger partial charge is 0.512 e. The van der Waals surface area contributed by atoms with Crippen molar-refractivity contribution in [3.05, 3.63) is 270 Å². The maximum absolute atomic E-state index is 12.2. The second-order valence-corrected chi connectivity index (χ2v) is 35.5. The maximum Gasteiger partial charge on any atom is 0.217 e. The van der Waals surface area contributed by atoms with Crippen LogP contribution in [0.4, 0.5) is 0 Å². The molecule has 12 aromatic rings. The van der Waals surface area contributed by atoms with Crippen molar-refractivity contribution in [2.75, 3.05) is 0 Å². The minimum absolute atomic E-state index is 0. The number of hydrogen-bond donors (Lipinski definition) is 3. The summed E-state index contributed by atoms with van der Waals surface area (Å²) in [4.78, 5) is 49.1. The number of aryl methyl sites for hydroxylation is 2. The zero-order valence-electron chi connectivity index (χ0n) is 77.7. The van der Waals surface area contributed by atoms with Crippen LogP contribution in [-0.2, 0) is 80.1 Å². The third-order valence-corrected chi connectivity index (χ3v) is 25.2. The van der Waals surface area contributed by atoms with Crippen LogP contribution in [0, 0.1) is 65.5 Å². The van der Waals surface area contributed by atoms with Gasteiger partial charge in [0.2, 0.25) is 17.6 Å². The molecule has 673 valence electrons. The van der Waals surface area contributed by atoms with Crippen molar-refractivity contribution in [2.24, 2.45) is 33.5 Å². The van der Waals surface area contributed by atoms with Crippen LogP contribution in [0.25, 0.3) is 64.6 Å². The summed E-state index contributed by atoms with van der Waals surface area (Å²) in [5, 5.41) is 44.2. The Labute approximate surface area is 786 Å². The molecule has 3 aromatic heterocycles. The molecule has 13 rings (SSSR count). The van der Waals surface area contributed by atoms with E-state index in [2.05, 4.69) is 165 Å². The Hall–Kier alpha value is -9.03. The molecule has 0 aliphatic heterocycles. The van der Waals surface area contributed by atoms with Crippen molar-refractivity contribution in [1.82, 2.24) is 15.0 Å². The molecule has 3 radical (unpaired) electrons. The van der Waals surface area contributed by atoms with Gasteiger partial charge >= 0.3 is 0 Å². The molecule has 12 nitrogen and oxygen atoms in total. The molecule has 9 aromatic carbocycles. The molecule has 0 atom stereocenters.